The van der Waals surface area contributed by atoms with Crippen LogP contribution in [0.15, 0.2) is 158 Å². The summed E-state index contributed by atoms with van der Waals surface area (Å²) in [7, 11) is 0. The van der Waals surface area contributed by atoms with E-state index in [4.69, 9.17) is 15.0 Å². The lowest BCUT2D eigenvalue weighted by atomic mass is 9.36. The monoisotopic (exact) mass is 651 g/mol. The van der Waals surface area contributed by atoms with Gasteiger partial charge in [0.2, 0.25) is 0 Å². The predicted molar refractivity (Wildman–Crippen MR) is 186 cm³/mol. The Morgan fingerprint density at radius 1 is 0.370 bits per heavy atom. The van der Waals surface area contributed by atoms with Crippen molar-refractivity contribution in [3.05, 3.63) is 197 Å². The summed E-state index contributed by atoms with van der Waals surface area (Å²) in [5.41, 5.74) is 10.9. The van der Waals surface area contributed by atoms with Gasteiger partial charge in [0.05, 0.1) is 15.2 Å². The number of alkyl halides is 1. The fourth-order valence-electron chi connectivity index (χ4n) is 8.78. The quantitative estimate of drug-likeness (QED) is 0.178. The number of hydrogen-bond acceptors (Lipinski definition) is 3. The molecule has 1 spiro atoms. The molecule has 0 bridgehead atoms. The van der Waals surface area contributed by atoms with E-state index in [1.54, 1.807) is 0 Å². The summed E-state index contributed by atoms with van der Waals surface area (Å²) in [6, 6.07) is 56.0. The van der Waals surface area contributed by atoms with Crippen molar-refractivity contribution in [3.8, 4) is 33.9 Å². The summed E-state index contributed by atoms with van der Waals surface area (Å²) < 4.78 is -0.408. The maximum absolute atomic E-state index is 5.49. The van der Waals surface area contributed by atoms with E-state index in [0.29, 0.717) is 11.6 Å². The highest BCUT2D eigenvalue weighted by Crippen LogP contribution is 2.84. The summed E-state index contributed by atoms with van der Waals surface area (Å²) in [5, 5.41) is 0. The minimum atomic E-state index is -0.615. The van der Waals surface area contributed by atoms with E-state index in [0.717, 1.165) is 28.1 Å². The largest absolute Gasteiger partial charge is 0.212 e. The average molecular weight is 653 g/mol. The Bertz CT molecular complexity index is 2350. The van der Waals surface area contributed by atoms with Gasteiger partial charge in [-0.1, -0.05) is 168 Å². The molecule has 3 atom stereocenters. The highest BCUT2D eigenvalue weighted by molar-refractivity contribution is 9.09. The molecule has 1 heterocycles. The molecule has 0 radical (unpaired) electrons. The van der Waals surface area contributed by atoms with Gasteiger partial charge in [0, 0.05) is 11.1 Å². The lowest BCUT2D eigenvalue weighted by molar-refractivity contribution is 0.231. The number of benzene rings is 6. The molecule has 1 aromatic heterocycles. The second-order valence-electron chi connectivity index (χ2n) is 12.4. The smallest absolute Gasteiger partial charge is 0.163 e. The summed E-state index contributed by atoms with van der Waals surface area (Å²) in [6.45, 7) is 0. The molecule has 0 fully saturated rings. The number of aromatic nitrogens is 3. The van der Waals surface area contributed by atoms with Gasteiger partial charge in [0.15, 0.2) is 11.6 Å². The standard InChI is InChI=1S/C42H26BrN3/c43-42-35-24-11-8-21-32(35)40(31-20-7-9-22-33(31)41(40,42)34-23-10-12-25-36(34)42)39-45-37(28-16-5-2-6-17-28)44-38(46-39)30-19-13-18-29(26-30)27-14-3-1-4-15-27/h1-26H. The third-order valence-corrected chi connectivity index (χ3v) is 11.9. The zero-order valence-corrected chi connectivity index (χ0v) is 26.3. The second kappa shape index (κ2) is 9.18. The highest BCUT2D eigenvalue weighted by Gasteiger charge is 2.84. The summed E-state index contributed by atoms with van der Waals surface area (Å²) in [4.78, 5) is 16.1. The van der Waals surface area contributed by atoms with Crippen molar-refractivity contribution in [2.45, 2.75) is 15.2 Å². The summed E-state index contributed by atoms with van der Waals surface area (Å²) >= 11 is 4.43. The van der Waals surface area contributed by atoms with E-state index < -0.39 is 15.2 Å². The number of nitrogens with zero attached hydrogens (tertiary/aromatic N) is 3. The normalized spacial score (nSPS) is 22.7. The zero-order chi connectivity index (χ0) is 30.5. The molecule has 0 N–H and O–H groups in total. The molecule has 0 saturated carbocycles. The fraction of sp³-hybridized carbons (Fsp3) is 0.0714. The summed E-state index contributed by atoms with van der Waals surface area (Å²) in [6.07, 6.45) is 0. The molecule has 46 heavy (non-hydrogen) atoms. The van der Waals surface area contributed by atoms with Crippen molar-refractivity contribution in [2.24, 2.45) is 0 Å². The first-order valence-corrected chi connectivity index (χ1v) is 16.4. The van der Waals surface area contributed by atoms with Crippen LogP contribution in [0.1, 0.15) is 39.2 Å². The summed E-state index contributed by atoms with van der Waals surface area (Å²) in [5.74, 6) is 2.13. The molecule has 3 aliphatic rings. The maximum atomic E-state index is 5.49. The van der Waals surface area contributed by atoms with E-state index in [1.807, 2.05) is 24.3 Å². The van der Waals surface area contributed by atoms with Crippen LogP contribution in [0.2, 0.25) is 0 Å². The van der Waals surface area contributed by atoms with Gasteiger partial charge in [-0.05, 0) is 50.6 Å². The van der Waals surface area contributed by atoms with Crippen molar-refractivity contribution in [1.29, 1.82) is 0 Å². The predicted octanol–water partition coefficient (Wildman–Crippen LogP) is 9.47. The topological polar surface area (TPSA) is 38.7 Å². The molecule has 3 aliphatic carbocycles. The van der Waals surface area contributed by atoms with Crippen LogP contribution >= 0.6 is 15.9 Å². The van der Waals surface area contributed by atoms with Crippen LogP contribution in [0, 0.1) is 0 Å². The highest BCUT2D eigenvalue weighted by atomic mass is 79.9. The minimum Gasteiger partial charge on any atom is -0.212 e. The number of rotatable bonds is 4. The van der Waals surface area contributed by atoms with Crippen LogP contribution in [0.4, 0.5) is 0 Å². The van der Waals surface area contributed by atoms with Gasteiger partial charge in [0.1, 0.15) is 5.82 Å². The van der Waals surface area contributed by atoms with Crippen LogP contribution in [-0.2, 0) is 15.2 Å². The Morgan fingerprint density at radius 3 is 1.46 bits per heavy atom. The van der Waals surface area contributed by atoms with Gasteiger partial charge in [0.25, 0.3) is 0 Å². The van der Waals surface area contributed by atoms with E-state index >= 15 is 0 Å². The lowest BCUT2D eigenvalue weighted by Gasteiger charge is -2.67. The van der Waals surface area contributed by atoms with Crippen molar-refractivity contribution in [3.63, 3.8) is 0 Å². The maximum Gasteiger partial charge on any atom is 0.163 e. The van der Waals surface area contributed by atoms with Crippen molar-refractivity contribution in [2.75, 3.05) is 0 Å². The SMILES string of the molecule is BrC12c3ccccc3C3(c4nc(-c5ccccc5)nc(-c5cccc(-c6ccccc6)c5)n4)c4ccccc4C13c1ccccc12. The number of hydrogen-bond donors (Lipinski definition) is 0. The Kier molecular flexibility index (Phi) is 5.20. The first-order chi connectivity index (χ1) is 22.7. The van der Waals surface area contributed by atoms with Gasteiger partial charge < -0.3 is 0 Å². The van der Waals surface area contributed by atoms with E-state index in [-0.39, 0.29) is 0 Å². The Morgan fingerprint density at radius 2 is 0.804 bits per heavy atom. The van der Waals surface area contributed by atoms with E-state index in [2.05, 4.69) is 149 Å². The fourth-order valence-corrected chi connectivity index (χ4v) is 10.2. The Hall–Kier alpha value is -5.19. The molecule has 6 aromatic carbocycles. The number of fused-ring (bicyclic) bond motifs is 7. The Balaban J connectivity index is 1.31. The number of halogens is 1. The molecule has 0 saturated heterocycles. The molecule has 0 amide bonds. The molecule has 4 heteroatoms. The first kappa shape index (κ1) is 26.1. The van der Waals surface area contributed by atoms with E-state index in [9.17, 15) is 0 Å². The third-order valence-electron chi connectivity index (χ3n) is 10.4. The van der Waals surface area contributed by atoms with Crippen LogP contribution in [0.25, 0.3) is 33.9 Å². The van der Waals surface area contributed by atoms with Crippen molar-refractivity contribution < 1.29 is 0 Å². The van der Waals surface area contributed by atoms with Crippen molar-refractivity contribution in [1.82, 2.24) is 15.0 Å². The molecule has 3 unspecified atom stereocenters. The molecule has 7 aromatic rings. The molecule has 3 nitrogen and oxygen atoms in total. The van der Waals surface area contributed by atoms with Gasteiger partial charge in [-0.25, -0.2) is 15.0 Å². The molecule has 10 rings (SSSR count). The van der Waals surface area contributed by atoms with Crippen molar-refractivity contribution >= 4 is 15.9 Å². The van der Waals surface area contributed by atoms with Crippen LogP contribution in [-0.4, -0.2) is 15.0 Å². The first-order valence-electron chi connectivity index (χ1n) is 15.7. The average Bonchev–Trinajstić information content (AvgIpc) is 3.27. The van der Waals surface area contributed by atoms with Crippen LogP contribution in [0.5, 0.6) is 0 Å². The van der Waals surface area contributed by atoms with Gasteiger partial charge in [-0.15, -0.1) is 0 Å². The molecular weight excluding hydrogens is 626 g/mol. The minimum absolute atomic E-state index is 0.407. The van der Waals surface area contributed by atoms with Crippen LogP contribution in [0.3, 0.4) is 0 Å². The molecule has 216 valence electrons. The van der Waals surface area contributed by atoms with Crippen LogP contribution < -0.4 is 0 Å². The Labute approximate surface area is 275 Å². The van der Waals surface area contributed by atoms with E-state index in [1.165, 1.54) is 33.4 Å². The van der Waals surface area contributed by atoms with Gasteiger partial charge >= 0.3 is 0 Å². The second-order valence-corrected chi connectivity index (χ2v) is 13.6. The zero-order valence-electron chi connectivity index (χ0n) is 24.7. The van der Waals surface area contributed by atoms with Gasteiger partial charge in [-0.3, -0.25) is 0 Å². The lowest BCUT2D eigenvalue weighted by Crippen LogP contribution is -2.69. The molecular formula is C42H26BrN3. The molecule has 0 aliphatic heterocycles. The van der Waals surface area contributed by atoms with Gasteiger partial charge in [-0.2, -0.15) is 0 Å². The third kappa shape index (κ3) is 2.92.